The molecule has 0 radical (unpaired) electrons. The molecule has 0 unspecified atom stereocenters. The van der Waals surface area contributed by atoms with Crippen molar-refractivity contribution in [1.29, 1.82) is 5.26 Å². The molecular formula is C40H19F5N4. The van der Waals surface area contributed by atoms with Gasteiger partial charge in [-0.3, -0.25) is 0 Å². The van der Waals surface area contributed by atoms with E-state index < -0.39 is 34.6 Å². The first-order chi connectivity index (χ1) is 23.9. The van der Waals surface area contributed by atoms with Crippen molar-refractivity contribution in [2.45, 2.75) is 0 Å². The predicted octanol–water partition coefficient (Wildman–Crippen LogP) is 10.6. The van der Waals surface area contributed by atoms with E-state index in [9.17, 15) is 18.4 Å². The van der Waals surface area contributed by atoms with Crippen LogP contribution < -0.4 is 0 Å². The zero-order chi connectivity index (χ0) is 33.8. The molecule has 0 atom stereocenters. The van der Waals surface area contributed by atoms with Gasteiger partial charge in [-0.15, -0.1) is 0 Å². The van der Waals surface area contributed by atoms with Gasteiger partial charge in [0.15, 0.2) is 23.3 Å². The second kappa shape index (κ2) is 11.6. The number of hydrogen-bond acceptors (Lipinski definition) is 4. The third-order valence-corrected chi connectivity index (χ3v) is 8.47. The summed E-state index contributed by atoms with van der Waals surface area (Å²) in [6.45, 7) is 0. The van der Waals surface area contributed by atoms with Crippen LogP contribution in [0.5, 0.6) is 0 Å². The normalized spacial score (nSPS) is 11.3. The van der Waals surface area contributed by atoms with Crippen LogP contribution in [0.4, 0.5) is 22.0 Å². The molecule has 4 nitrogen and oxygen atoms in total. The summed E-state index contributed by atoms with van der Waals surface area (Å²) in [7, 11) is 0. The number of para-hydroxylation sites is 1. The third-order valence-electron chi connectivity index (χ3n) is 8.47. The molecule has 0 saturated carbocycles. The molecule has 0 N–H and O–H groups in total. The Bertz CT molecular complexity index is 2630. The molecule has 6 aromatic carbocycles. The second-order valence-corrected chi connectivity index (χ2v) is 11.3. The summed E-state index contributed by atoms with van der Waals surface area (Å²) in [4.78, 5) is 15.0. The number of benzene rings is 6. The smallest absolute Gasteiger partial charge is 0.200 e. The lowest BCUT2D eigenvalue weighted by atomic mass is 9.92. The Balaban J connectivity index is 1.64. The number of nitriles is 1. The minimum Gasteiger partial charge on any atom is -0.247 e. The molecular weight excluding hydrogens is 631 g/mol. The number of pyridine rings is 1. The first-order valence-electron chi connectivity index (χ1n) is 15.1. The summed E-state index contributed by atoms with van der Waals surface area (Å²) < 4.78 is 75.4. The van der Waals surface area contributed by atoms with Gasteiger partial charge in [0.1, 0.15) is 0 Å². The number of fused-ring (bicyclic) bond motifs is 5. The van der Waals surface area contributed by atoms with Gasteiger partial charge in [0, 0.05) is 38.4 Å². The molecule has 49 heavy (non-hydrogen) atoms. The first kappa shape index (κ1) is 29.8. The van der Waals surface area contributed by atoms with Crippen molar-refractivity contribution in [3.05, 3.63) is 150 Å². The standard InChI is InChI=1S/C40H19F5N4/c41-31-30(32(42)34(44)35(45)33(31)43)27-19-26-29(25-13-7-8-14-28(25)47-36(26)24-17-15-21(20-46)16-18-24)40-39(27)48-37(22-9-3-1-4-10-22)38(49-40)23-11-5-2-6-12-23/h1-19H. The van der Waals surface area contributed by atoms with E-state index in [1.807, 2.05) is 48.5 Å². The van der Waals surface area contributed by atoms with Crippen LogP contribution in [0.1, 0.15) is 5.56 Å². The summed E-state index contributed by atoms with van der Waals surface area (Å²) in [6, 6.07) is 35.4. The van der Waals surface area contributed by atoms with Crippen LogP contribution >= 0.6 is 0 Å². The van der Waals surface area contributed by atoms with Gasteiger partial charge in [0.25, 0.3) is 0 Å². The molecule has 8 rings (SSSR count). The molecule has 0 spiro atoms. The van der Waals surface area contributed by atoms with E-state index in [2.05, 4.69) is 6.07 Å². The topological polar surface area (TPSA) is 62.5 Å². The SMILES string of the molecule is N#Cc1ccc(-c2nc3ccccc3c3c2cc(-c2c(F)c(F)c(F)c(F)c2F)c2nc(-c4ccccc4)c(-c4ccccc4)nc23)cc1. The molecule has 0 aliphatic carbocycles. The van der Waals surface area contributed by atoms with Crippen LogP contribution in [0.3, 0.4) is 0 Å². The third kappa shape index (κ3) is 4.76. The lowest BCUT2D eigenvalue weighted by molar-refractivity contribution is 0.381. The number of halogens is 5. The Hall–Kier alpha value is -6.53. The fourth-order valence-electron chi connectivity index (χ4n) is 6.18. The van der Waals surface area contributed by atoms with E-state index in [-0.39, 0.29) is 16.6 Å². The molecule has 0 amide bonds. The maximum Gasteiger partial charge on any atom is 0.200 e. The van der Waals surface area contributed by atoms with Crippen LogP contribution in [0, 0.1) is 40.4 Å². The molecule has 234 valence electrons. The highest BCUT2D eigenvalue weighted by atomic mass is 19.2. The zero-order valence-corrected chi connectivity index (χ0v) is 25.1. The zero-order valence-electron chi connectivity index (χ0n) is 25.1. The molecule has 0 aliphatic heterocycles. The second-order valence-electron chi connectivity index (χ2n) is 11.3. The van der Waals surface area contributed by atoms with Crippen molar-refractivity contribution in [1.82, 2.24) is 15.0 Å². The average Bonchev–Trinajstić information content (AvgIpc) is 3.16. The number of rotatable bonds is 4. The lowest BCUT2D eigenvalue weighted by Crippen LogP contribution is -2.06. The van der Waals surface area contributed by atoms with Crippen LogP contribution in [0.2, 0.25) is 0 Å². The fourth-order valence-corrected chi connectivity index (χ4v) is 6.18. The van der Waals surface area contributed by atoms with Crippen molar-refractivity contribution in [3.8, 4) is 51.0 Å². The van der Waals surface area contributed by atoms with Crippen LogP contribution in [-0.2, 0) is 0 Å². The number of nitrogens with zero attached hydrogens (tertiary/aromatic N) is 4. The van der Waals surface area contributed by atoms with Gasteiger partial charge in [-0.2, -0.15) is 5.26 Å². The van der Waals surface area contributed by atoms with Crippen LogP contribution in [0.15, 0.2) is 115 Å². The van der Waals surface area contributed by atoms with Gasteiger partial charge < -0.3 is 0 Å². The molecule has 2 heterocycles. The van der Waals surface area contributed by atoms with Gasteiger partial charge in [0.05, 0.1) is 50.8 Å². The predicted molar refractivity (Wildman–Crippen MR) is 179 cm³/mol. The minimum absolute atomic E-state index is 0.0728. The Labute approximate surface area is 275 Å². The van der Waals surface area contributed by atoms with E-state index in [0.717, 1.165) is 0 Å². The van der Waals surface area contributed by atoms with Crippen molar-refractivity contribution in [3.63, 3.8) is 0 Å². The summed E-state index contributed by atoms with van der Waals surface area (Å²) in [5.41, 5.74) is 2.56. The molecule has 2 aromatic heterocycles. The average molecular weight is 651 g/mol. The molecule has 0 aliphatic rings. The largest absolute Gasteiger partial charge is 0.247 e. The highest BCUT2D eigenvalue weighted by Crippen LogP contribution is 2.44. The Morgan fingerprint density at radius 2 is 0.980 bits per heavy atom. The number of aromatic nitrogens is 3. The van der Waals surface area contributed by atoms with E-state index in [4.69, 9.17) is 15.0 Å². The minimum atomic E-state index is -2.27. The maximum absolute atomic E-state index is 15.7. The van der Waals surface area contributed by atoms with Crippen molar-refractivity contribution in [2.24, 2.45) is 0 Å². The van der Waals surface area contributed by atoms with E-state index in [0.29, 0.717) is 61.0 Å². The van der Waals surface area contributed by atoms with Crippen LogP contribution in [-0.4, -0.2) is 15.0 Å². The maximum atomic E-state index is 15.7. The number of hydrogen-bond donors (Lipinski definition) is 0. The highest BCUT2D eigenvalue weighted by molar-refractivity contribution is 6.24. The van der Waals surface area contributed by atoms with Gasteiger partial charge in [-0.05, 0) is 24.3 Å². The summed E-state index contributed by atoms with van der Waals surface area (Å²) in [6.07, 6.45) is 0. The fraction of sp³-hybridized carbons (Fsp3) is 0. The van der Waals surface area contributed by atoms with Gasteiger partial charge in [0.2, 0.25) is 5.82 Å². The van der Waals surface area contributed by atoms with Gasteiger partial charge in [-0.1, -0.05) is 91.0 Å². The van der Waals surface area contributed by atoms with Crippen molar-refractivity contribution < 1.29 is 22.0 Å². The quantitative estimate of drug-likeness (QED) is 0.0823. The lowest BCUT2D eigenvalue weighted by Gasteiger charge is -2.18. The monoisotopic (exact) mass is 650 g/mol. The van der Waals surface area contributed by atoms with E-state index in [1.165, 1.54) is 6.07 Å². The van der Waals surface area contributed by atoms with E-state index >= 15 is 8.78 Å². The van der Waals surface area contributed by atoms with Crippen LogP contribution in [0.25, 0.3) is 77.6 Å². The van der Waals surface area contributed by atoms with Crippen molar-refractivity contribution in [2.75, 3.05) is 0 Å². The Morgan fingerprint density at radius 1 is 0.469 bits per heavy atom. The Morgan fingerprint density at radius 3 is 1.57 bits per heavy atom. The Kier molecular flexibility index (Phi) is 7.07. The van der Waals surface area contributed by atoms with Gasteiger partial charge in [-0.25, -0.2) is 36.9 Å². The molecule has 0 saturated heterocycles. The summed E-state index contributed by atoms with van der Waals surface area (Å²) >= 11 is 0. The van der Waals surface area contributed by atoms with Gasteiger partial charge >= 0.3 is 0 Å². The summed E-state index contributed by atoms with van der Waals surface area (Å²) in [5, 5.41) is 10.9. The summed E-state index contributed by atoms with van der Waals surface area (Å²) in [5.74, 6) is -10.4. The van der Waals surface area contributed by atoms with E-state index in [1.54, 1.807) is 60.7 Å². The van der Waals surface area contributed by atoms with Crippen molar-refractivity contribution >= 4 is 32.7 Å². The molecule has 8 aromatic rings. The molecule has 0 fully saturated rings. The first-order valence-corrected chi connectivity index (χ1v) is 15.1. The highest BCUT2D eigenvalue weighted by Gasteiger charge is 2.30. The molecule has 0 bridgehead atoms. The molecule has 9 heteroatoms.